The van der Waals surface area contributed by atoms with Gasteiger partial charge in [0.05, 0.1) is 6.61 Å². The molecule has 0 amide bonds. The summed E-state index contributed by atoms with van der Waals surface area (Å²) in [6.07, 6.45) is 0. The van der Waals surface area contributed by atoms with Gasteiger partial charge in [-0.1, -0.05) is 23.9 Å². The number of rotatable bonds is 8. The van der Waals surface area contributed by atoms with Gasteiger partial charge < -0.3 is 10.1 Å². The lowest BCUT2D eigenvalue weighted by Crippen LogP contribution is -2.16. The van der Waals surface area contributed by atoms with Crippen LogP contribution in [-0.2, 0) is 13.6 Å². The molecule has 6 nitrogen and oxygen atoms in total. The van der Waals surface area contributed by atoms with Crippen molar-refractivity contribution in [1.29, 1.82) is 0 Å². The minimum atomic E-state index is 0.700. The molecule has 0 atom stereocenters. The lowest BCUT2D eigenvalue weighted by atomic mass is 10.2. The normalized spacial score (nSPS) is 10.7. The minimum absolute atomic E-state index is 0.700. The van der Waals surface area contributed by atoms with E-state index >= 15 is 0 Å². The fourth-order valence-corrected chi connectivity index (χ4v) is 2.41. The third-order valence-corrected chi connectivity index (χ3v) is 3.67. The molecule has 0 saturated heterocycles. The Kier molecular flexibility index (Phi) is 5.82. The van der Waals surface area contributed by atoms with Crippen molar-refractivity contribution in [3.63, 3.8) is 0 Å². The van der Waals surface area contributed by atoms with Gasteiger partial charge in [0, 0.05) is 25.9 Å². The lowest BCUT2D eigenvalue weighted by molar-refractivity contribution is 0.340. The Morgan fingerprint density at radius 1 is 1.30 bits per heavy atom. The van der Waals surface area contributed by atoms with Crippen molar-refractivity contribution in [2.45, 2.75) is 18.6 Å². The summed E-state index contributed by atoms with van der Waals surface area (Å²) in [6.45, 7) is 4.44. The van der Waals surface area contributed by atoms with E-state index in [4.69, 9.17) is 4.74 Å². The van der Waals surface area contributed by atoms with Crippen molar-refractivity contribution in [2.24, 2.45) is 7.05 Å². The molecule has 1 aromatic heterocycles. The van der Waals surface area contributed by atoms with Gasteiger partial charge in [0.2, 0.25) is 5.16 Å². The predicted molar refractivity (Wildman–Crippen MR) is 78.8 cm³/mol. The first-order valence-electron chi connectivity index (χ1n) is 6.57. The number of tetrazole rings is 1. The smallest absolute Gasteiger partial charge is 0.209 e. The third kappa shape index (κ3) is 4.50. The molecule has 0 radical (unpaired) electrons. The molecule has 0 fully saturated rings. The molecule has 0 spiro atoms. The van der Waals surface area contributed by atoms with E-state index in [1.807, 2.05) is 26.1 Å². The van der Waals surface area contributed by atoms with Gasteiger partial charge in [0.25, 0.3) is 0 Å². The standard InChI is InChI=1S/C13H19N5OS/c1-3-19-12-6-4-11(5-7-12)10-14-8-9-20-13-15-16-17-18(13)2/h4-7,14H,3,8-10H2,1-2H3. The molecule has 0 aliphatic heterocycles. The topological polar surface area (TPSA) is 64.9 Å². The van der Waals surface area contributed by atoms with Crippen LogP contribution in [0.25, 0.3) is 0 Å². The minimum Gasteiger partial charge on any atom is -0.494 e. The highest BCUT2D eigenvalue weighted by atomic mass is 32.2. The van der Waals surface area contributed by atoms with Crippen LogP contribution in [0.3, 0.4) is 0 Å². The highest BCUT2D eigenvalue weighted by molar-refractivity contribution is 7.99. The first-order chi connectivity index (χ1) is 9.79. The van der Waals surface area contributed by atoms with E-state index in [2.05, 4.69) is 33.0 Å². The van der Waals surface area contributed by atoms with E-state index in [1.54, 1.807) is 16.4 Å². The summed E-state index contributed by atoms with van der Waals surface area (Å²) in [5.74, 6) is 1.85. The molecular formula is C13H19N5OS. The van der Waals surface area contributed by atoms with Crippen molar-refractivity contribution in [3.05, 3.63) is 29.8 Å². The Morgan fingerprint density at radius 2 is 2.10 bits per heavy atom. The highest BCUT2D eigenvalue weighted by Gasteiger charge is 2.01. The number of nitrogens with zero attached hydrogens (tertiary/aromatic N) is 4. The Hall–Kier alpha value is -1.60. The number of nitrogens with one attached hydrogen (secondary N) is 1. The summed E-state index contributed by atoms with van der Waals surface area (Å²) in [5.41, 5.74) is 1.25. The quantitative estimate of drug-likeness (QED) is 0.587. The molecule has 2 rings (SSSR count). The zero-order valence-corrected chi connectivity index (χ0v) is 12.6. The largest absolute Gasteiger partial charge is 0.494 e. The first-order valence-corrected chi connectivity index (χ1v) is 7.55. The van der Waals surface area contributed by atoms with E-state index in [9.17, 15) is 0 Å². The third-order valence-electron chi connectivity index (χ3n) is 2.65. The highest BCUT2D eigenvalue weighted by Crippen LogP contribution is 2.12. The first kappa shape index (κ1) is 14.8. The number of thioether (sulfide) groups is 1. The van der Waals surface area contributed by atoms with Gasteiger partial charge in [-0.15, -0.1) is 5.10 Å². The Labute approximate surface area is 122 Å². The molecule has 0 unspecified atom stereocenters. The van der Waals surface area contributed by atoms with Crippen LogP contribution in [0, 0.1) is 0 Å². The maximum Gasteiger partial charge on any atom is 0.209 e. The fraction of sp³-hybridized carbons (Fsp3) is 0.462. The molecule has 2 aromatic rings. The molecule has 0 aliphatic carbocycles. The van der Waals surface area contributed by atoms with Crippen LogP contribution in [0.4, 0.5) is 0 Å². The van der Waals surface area contributed by atoms with Crippen LogP contribution >= 0.6 is 11.8 Å². The van der Waals surface area contributed by atoms with Crippen LogP contribution in [0.5, 0.6) is 5.75 Å². The summed E-state index contributed by atoms with van der Waals surface area (Å²) >= 11 is 1.64. The number of benzene rings is 1. The number of hydrogen-bond donors (Lipinski definition) is 1. The van der Waals surface area contributed by atoms with E-state index in [-0.39, 0.29) is 0 Å². The number of aromatic nitrogens is 4. The molecule has 20 heavy (non-hydrogen) atoms. The van der Waals surface area contributed by atoms with Crippen molar-refractivity contribution in [3.8, 4) is 5.75 Å². The number of hydrogen-bond acceptors (Lipinski definition) is 6. The average Bonchev–Trinajstić information content (AvgIpc) is 2.86. The van der Waals surface area contributed by atoms with Gasteiger partial charge in [-0.3, -0.25) is 0 Å². The van der Waals surface area contributed by atoms with Crippen LogP contribution in [0.2, 0.25) is 0 Å². The summed E-state index contributed by atoms with van der Waals surface area (Å²) < 4.78 is 7.09. The molecule has 1 heterocycles. The van der Waals surface area contributed by atoms with Gasteiger partial charge in [-0.2, -0.15) is 0 Å². The maximum atomic E-state index is 5.41. The Bertz CT molecular complexity index is 514. The monoisotopic (exact) mass is 293 g/mol. The van der Waals surface area contributed by atoms with Crippen molar-refractivity contribution < 1.29 is 4.74 Å². The zero-order valence-electron chi connectivity index (χ0n) is 11.7. The molecule has 108 valence electrons. The second-order valence-corrected chi connectivity index (χ2v) is 5.25. The van der Waals surface area contributed by atoms with E-state index < -0.39 is 0 Å². The average molecular weight is 293 g/mol. The summed E-state index contributed by atoms with van der Waals surface area (Å²) in [5, 5.41) is 15.5. The lowest BCUT2D eigenvalue weighted by Gasteiger charge is -2.06. The van der Waals surface area contributed by atoms with Gasteiger partial charge in [-0.05, 0) is 35.0 Å². The molecule has 1 N–H and O–H groups in total. The number of aryl methyl sites for hydroxylation is 1. The van der Waals surface area contributed by atoms with Crippen LogP contribution in [0.1, 0.15) is 12.5 Å². The molecule has 1 aromatic carbocycles. The van der Waals surface area contributed by atoms with Gasteiger partial charge in [0.1, 0.15) is 5.75 Å². The maximum absolute atomic E-state index is 5.41. The predicted octanol–water partition coefficient (Wildman–Crippen LogP) is 1.49. The number of ether oxygens (including phenoxy) is 1. The van der Waals surface area contributed by atoms with E-state index in [0.29, 0.717) is 6.61 Å². The zero-order chi connectivity index (χ0) is 14.2. The summed E-state index contributed by atoms with van der Waals surface area (Å²) in [4.78, 5) is 0. The van der Waals surface area contributed by atoms with Crippen molar-refractivity contribution >= 4 is 11.8 Å². The molecule has 0 saturated carbocycles. The second kappa shape index (κ2) is 7.86. The molecular weight excluding hydrogens is 274 g/mol. The van der Waals surface area contributed by atoms with Gasteiger partial charge in [0.15, 0.2) is 0 Å². The molecule has 0 bridgehead atoms. The SMILES string of the molecule is CCOc1ccc(CNCCSc2nnnn2C)cc1. The van der Waals surface area contributed by atoms with E-state index in [0.717, 1.165) is 29.7 Å². The van der Waals surface area contributed by atoms with E-state index in [1.165, 1.54) is 5.56 Å². The van der Waals surface area contributed by atoms with Crippen LogP contribution in [0.15, 0.2) is 29.4 Å². The Morgan fingerprint density at radius 3 is 2.75 bits per heavy atom. The summed E-state index contributed by atoms with van der Waals surface area (Å²) in [7, 11) is 1.84. The van der Waals surface area contributed by atoms with Crippen molar-refractivity contribution in [2.75, 3.05) is 18.9 Å². The molecule has 7 heteroatoms. The van der Waals surface area contributed by atoms with Crippen LogP contribution < -0.4 is 10.1 Å². The summed E-state index contributed by atoms with van der Waals surface area (Å²) in [6, 6.07) is 8.16. The Balaban J connectivity index is 1.64. The van der Waals surface area contributed by atoms with Gasteiger partial charge >= 0.3 is 0 Å². The van der Waals surface area contributed by atoms with Gasteiger partial charge in [-0.25, -0.2) is 4.68 Å². The van der Waals surface area contributed by atoms with Crippen LogP contribution in [-0.4, -0.2) is 39.1 Å². The molecule has 0 aliphatic rings. The van der Waals surface area contributed by atoms with Crippen molar-refractivity contribution in [1.82, 2.24) is 25.5 Å². The fourth-order valence-electron chi connectivity index (χ4n) is 1.66. The second-order valence-electron chi connectivity index (χ2n) is 4.19.